The Labute approximate surface area is 261 Å². The molecule has 12 nitrogen and oxygen atoms in total. The summed E-state index contributed by atoms with van der Waals surface area (Å²) in [6, 6.07) is 10.1. The molecule has 0 spiro atoms. The van der Waals surface area contributed by atoms with Crippen LogP contribution in [0.2, 0.25) is 0 Å². The van der Waals surface area contributed by atoms with E-state index in [1.807, 2.05) is 13.8 Å². The van der Waals surface area contributed by atoms with Gasteiger partial charge in [0.15, 0.2) is 0 Å². The van der Waals surface area contributed by atoms with Gasteiger partial charge in [-0.2, -0.15) is 0 Å². The summed E-state index contributed by atoms with van der Waals surface area (Å²) in [5.74, 6) is -1.05. The minimum absolute atomic E-state index is 0.00575. The molecule has 0 aliphatic rings. The van der Waals surface area contributed by atoms with Crippen LogP contribution in [0, 0.1) is 0 Å². The molecule has 0 saturated carbocycles. The Morgan fingerprint density at radius 2 is 0.911 bits per heavy atom. The second-order valence-corrected chi connectivity index (χ2v) is 9.24. The number of hydrogen-bond acceptors (Lipinski definition) is 12. The molecule has 0 radical (unpaired) electrons. The lowest BCUT2D eigenvalue weighted by atomic mass is 9.77. The number of hydrogen-bond donors (Lipinski definition) is 0. The zero-order valence-corrected chi connectivity index (χ0v) is 25.2. The first-order chi connectivity index (χ1) is 21.5. The van der Waals surface area contributed by atoms with E-state index in [2.05, 4.69) is 26.3 Å². The summed E-state index contributed by atoms with van der Waals surface area (Å²) in [5.41, 5.74) is 0.566. The van der Waals surface area contributed by atoms with Gasteiger partial charge < -0.3 is 37.9 Å². The van der Waals surface area contributed by atoms with Gasteiger partial charge in [0, 0.05) is 53.0 Å². The lowest BCUT2D eigenvalue weighted by molar-refractivity contribution is -0.145. The van der Waals surface area contributed by atoms with Crippen LogP contribution in [0.15, 0.2) is 87.0 Å². The van der Waals surface area contributed by atoms with Crippen molar-refractivity contribution < 1.29 is 57.1 Å². The van der Waals surface area contributed by atoms with E-state index in [1.165, 1.54) is 0 Å². The first-order valence-corrected chi connectivity index (χ1v) is 13.5. The molecule has 0 saturated heterocycles. The first kappa shape index (κ1) is 35.7. The predicted molar refractivity (Wildman–Crippen MR) is 162 cm³/mol. The molecule has 0 unspecified atom stereocenters. The minimum Gasteiger partial charge on any atom is -0.490 e. The van der Waals surface area contributed by atoms with E-state index in [1.54, 1.807) is 36.4 Å². The molecule has 2 aromatic carbocycles. The Morgan fingerprint density at radius 1 is 0.556 bits per heavy atom. The van der Waals surface area contributed by atoms with Crippen molar-refractivity contribution >= 4 is 23.9 Å². The summed E-state index contributed by atoms with van der Waals surface area (Å²) in [4.78, 5) is 45.8. The number of rotatable bonds is 20. The van der Waals surface area contributed by atoms with Gasteiger partial charge in [0.25, 0.3) is 0 Å². The highest BCUT2D eigenvalue weighted by Crippen LogP contribution is 2.43. The molecule has 2 rings (SSSR count). The first-order valence-electron chi connectivity index (χ1n) is 13.5. The maximum Gasteiger partial charge on any atom is 0.333 e. The molecule has 240 valence electrons. The van der Waals surface area contributed by atoms with Gasteiger partial charge in [-0.15, -0.1) is 0 Å². The molecule has 0 heterocycles. The van der Waals surface area contributed by atoms with Crippen LogP contribution in [0.4, 0.5) is 0 Å². The highest BCUT2D eigenvalue weighted by atomic mass is 16.7. The van der Waals surface area contributed by atoms with E-state index in [9.17, 15) is 19.2 Å². The van der Waals surface area contributed by atoms with Crippen LogP contribution in [-0.2, 0) is 43.5 Å². The standard InChI is InChI=1S/C33H36O12/c1-7-29(34)40-17-15-38-27-19-23(42-21-44-31(36)9-3)11-13-25(27)33(5,6)26-14-12-24(43-22-45-32(37)10-4)20-28(26)39-16-18-41-30(35)8-2/h7-14,19-20H,1-4,15-18,21-22H2,5-6H3. The van der Waals surface area contributed by atoms with E-state index in [0.717, 1.165) is 24.3 Å². The van der Waals surface area contributed by atoms with Gasteiger partial charge in [-0.3, -0.25) is 0 Å². The fraction of sp³-hybridized carbons (Fsp3) is 0.273. The van der Waals surface area contributed by atoms with Crippen molar-refractivity contribution in [2.75, 3.05) is 40.0 Å². The number of ether oxygens (including phenoxy) is 8. The molecule has 0 amide bonds. The summed E-state index contributed by atoms with van der Waals surface area (Å²) < 4.78 is 43.0. The fourth-order valence-corrected chi connectivity index (χ4v) is 3.74. The lowest BCUT2D eigenvalue weighted by Gasteiger charge is -2.30. The van der Waals surface area contributed by atoms with Crippen LogP contribution in [0.5, 0.6) is 23.0 Å². The Hall–Kier alpha value is -5.52. The minimum atomic E-state index is -0.804. The van der Waals surface area contributed by atoms with Crippen molar-refractivity contribution in [3.05, 3.63) is 98.1 Å². The van der Waals surface area contributed by atoms with E-state index in [0.29, 0.717) is 34.1 Å². The van der Waals surface area contributed by atoms with Crippen LogP contribution in [0.3, 0.4) is 0 Å². The zero-order chi connectivity index (χ0) is 33.2. The van der Waals surface area contributed by atoms with Crippen molar-refractivity contribution in [3.63, 3.8) is 0 Å². The molecule has 0 fully saturated rings. The van der Waals surface area contributed by atoms with Crippen LogP contribution in [-0.4, -0.2) is 63.9 Å². The van der Waals surface area contributed by atoms with E-state index >= 15 is 0 Å². The van der Waals surface area contributed by atoms with Crippen molar-refractivity contribution in [1.82, 2.24) is 0 Å². The Morgan fingerprint density at radius 3 is 1.27 bits per heavy atom. The molecule has 0 aliphatic heterocycles. The largest absolute Gasteiger partial charge is 0.490 e. The van der Waals surface area contributed by atoms with Gasteiger partial charge in [0.2, 0.25) is 13.6 Å². The quantitative estimate of drug-likeness (QED) is 0.0679. The molecule has 0 atom stereocenters. The van der Waals surface area contributed by atoms with Gasteiger partial charge in [-0.05, 0) is 12.1 Å². The van der Waals surface area contributed by atoms with Gasteiger partial charge >= 0.3 is 23.9 Å². The van der Waals surface area contributed by atoms with Crippen molar-refractivity contribution in [2.24, 2.45) is 0 Å². The van der Waals surface area contributed by atoms with Gasteiger partial charge in [-0.25, -0.2) is 19.2 Å². The summed E-state index contributed by atoms with van der Waals surface area (Å²) in [7, 11) is 0. The van der Waals surface area contributed by atoms with Gasteiger partial charge in [0.05, 0.1) is 0 Å². The smallest absolute Gasteiger partial charge is 0.333 e. The summed E-state index contributed by atoms with van der Waals surface area (Å²) in [6.45, 7) is 16.5. The Balaban J connectivity index is 2.43. The monoisotopic (exact) mass is 624 g/mol. The summed E-state index contributed by atoms with van der Waals surface area (Å²) >= 11 is 0. The van der Waals surface area contributed by atoms with Crippen molar-refractivity contribution in [1.29, 1.82) is 0 Å². The van der Waals surface area contributed by atoms with E-state index < -0.39 is 29.3 Å². The molecule has 12 heteroatoms. The molecule has 0 aliphatic carbocycles. The molecule has 45 heavy (non-hydrogen) atoms. The number of benzene rings is 2. The third-order valence-corrected chi connectivity index (χ3v) is 5.94. The van der Waals surface area contributed by atoms with Gasteiger partial charge in [0.1, 0.15) is 49.4 Å². The number of carbonyl (C=O) groups is 4. The summed E-state index contributed by atoms with van der Waals surface area (Å²) in [6.07, 6.45) is 4.12. The lowest BCUT2D eigenvalue weighted by Crippen LogP contribution is -2.23. The van der Waals surface area contributed by atoms with Crippen molar-refractivity contribution in [2.45, 2.75) is 19.3 Å². The van der Waals surface area contributed by atoms with E-state index in [4.69, 9.17) is 37.9 Å². The topological polar surface area (TPSA) is 142 Å². The Kier molecular flexibility index (Phi) is 14.4. The second kappa shape index (κ2) is 18.2. The SMILES string of the molecule is C=CC(=O)OCCOc1cc(OCOC(=O)C=C)ccc1C(C)(C)c1ccc(OCOC(=O)C=C)cc1OCCOC(=O)C=C. The second-order valence-electron chi connectivity index (χ2n) is 9.24. The third-order valence-electron chi connectivity index (χ3n) is 5.94. The number of esters is 4. The molecule has 0 N–H and O–H groups in total. The number of carbonyl (C=O) groups excluding carboxylic acids is 4. The normalized spacial score (nSPS) is 10.4. The summed E-state index contributed by atoms with van der Waals surface area (Å²) in [5, 5.41) is 0. The third kappa shape index (κ3) is 11.6. The van der Waals surface area contributed by atoms with Crippen LogP contribution < -0.4 is 18.9 Å². The van der Waals surface area contributed by atoms with Crippen LogP contribution >= 0.6 is 0 Å². The van der Waals surface area contributed by atoms with Gasteiger partial charge in [-0.1, -0.05) is 52.3 Å². The molecule has 2 aromatic rings. The molecular weight excluding hydrogens is 588 g/mol. The highest BCUT2D eigenvalue weighted by Gasteiger charge is 2.31. The average Bonchev–Trinajstić information content (AvgIpc) is 3.04. The predicted octanol–water partition coefficient (Wildman–Crippen LogP) is 4.36. The molecule has 0 aromatic heterocycles. The molecule has 0 bridgehead atoms. The maximum absolute atomic E-state index is 11.5. The fourth-order valence-electron chi connectivity index (χ4n) is 3.74. The van der Waals surface area contributed by atoms with E-state index in [-0.39, 0.29) is 40.0 Å². The Bertz CT molecular complexity index is 1290. The van der Waals surface area contributed by atoms with Crippen molar-refractivity contribution in [3.8, 4) is 23.0 Å². The maximum atomic E-state index is 11.5. The zero-order valence-electron chi connectivity index (χ0n) is 25.2. The highest BCUT2D eigenvalue weighted by molar-refractivity contribution is 5.82. The van der Waals surface area contributed by atoms with Crippen LogP contribution in [0.25, 0.3) is 0 Å². The van der Waals surface area contributed by atoms with Crippen LogP contribution in [0.1, 0.15) is 25.0 Å². The molecular formula is C33H36O12. The average molecular weight is 625 g/mol.